The smallest absolute Gasteiger partial charge is 0.0257 e. The normalized spacial score (nSPS) is 12.7. The molecule has 0 saturated heterocycles. The Morgan fingerprint density at radius 2 is 1.05 bits per heavy atom. The van der Waals surface area contributed by atoms with Crippen LogP contribution in [0.1, 0.15) is 90.2 Å². The average molecular weight is 299 g/mol. The van der Waals surface area contributed by atoms with Crippen LogP contribution in [-0.4, -0.2) is 0 Å². The fourth-order valence-corrected chi connectivity index (χ4v) is 2.67. The Kier molecular flexibility index (Phi) is 9.62. The molecule has 0 bridgehead atoms. The zero-order valence-electron chi connectivity index (χ0n) is 15.1. The summed E-state index contributed by atoms with van der Waals surface area (Å²) in [6.45, 7) is 9.05. The molecule has 0 aliphatic carbocycles. The third kappa shape index (κ3) is 7.11. The molecule has 0 aliphatic heterocycles. The van der Waals surface area contributed by atoms with Gasteiger partial charge in [-0.2, -0.15) is 0 Å². The van der Waals surface area contributed by atoms with Crippen LogP contribution in [-0.2, 0) is 0 Å². The van der Waals surface area contributed by atoms with Crippen LogP contribution in [0.15, 0.2) is 35.4 Å². The highest BCUT2D eigenvalue weighted by Gasteiger charge is 1.98. The topological polar surface area (TPSA) is 0 Å². The average Bonchev–Trinajstić information content (AvgIpc) is 2.56. The highest BCUT2D eigenvalue weighted by molar-refractivity contribution is 5.58. The third-order valence-electron chi connectivity index (χ3n) is 4.29. The SMILES string of the molecule is CCCCC(=Cc1ccc(C=C(CC)CCCC)cc1)CC. The maximum absolute atomic E-state index is 2.38. The summed E-state index contributed by atoms with van der Waals surface area (Å²) in [6, 6.07) is 9.06. The van der Waals surface area contributed by atoms with Gasteiger partial charge in [-0.05, 0) is 49.7 Å². The predicted octanol–water partition coefficient (Wildman–Crippen LogP) is 7.65. The first kappa shape index (κ1) is 18.7. The van der Waals surface area contributed by atoms with E-state index < -0.39 is 0 Å². The van der Waals surface area contributed by atoms with Crippen molar-refractivity contribution in [2.24, 2.45) is 0 Å². The summed E-state index contributed by atoms with van der Waals surface area (Å²) in [7, 11) is 0. The molecule has 0 radical (unpaired) electrons. The van der Waals surface area contributed by atoms with E-state index in [9.17, 15) is 0 Å². The largest absolute Gasteiger partial charge is 0.0699 e. The highest BCUT2D eigenvalue weighted by Crippen LogP contribution is 2.19. The highest BCUT2D eigenvalue weighted by atomic mass is 14.0. The second-order valence-electron chi connectivity index (χ2n) is 6.19. The quantitative estimate of drug-likeness (QED) is 0.416. The van der Waals surface area contributed by atoms with Gasteiger partial charge >= 0.3 is 0 Å². The maximum atomic E-state index is 2.38. The van der Waals surface area contributed by atoms with E-state index in [1.54, 1.807) is 11.1 Å². The molecular weight excluding hydrogens is 264 g/mol. The van der Waals surface area contributed by atoms with E-state index in [0.29, 0.717) is 0 Å². The van der Waals surface area contributed by atoms with Crippen molar-refractivity contribution in [1.29, 1.82) is 0 Å². The molecular formula is C22H34. The van der Waals surface area contributed by atoms with Gasteiger partial charge in [-0.25, -0.2) is 0 Å². The molecule has 0 N–H and O–H groups in total. The molecule has 0 nitrogen and oxygen atoms in total. The van der Waals surface area contributed by atoms with Gasteiger partial charge < -0.3 is 0 Å². The van der Waals surface area contributed by atoms with E-state index in [2.05, 4.69) is 64.1 Å². The predicted molar refractivity (Wildman–Crippen MR) is 102 cm³/mol. The summed E-state index contributed by atoms with van der Waals surface area (Å²) in [5, 5.41) is 0. The van der Waals surface area contributed by atoms with Crippen LogP contribution < -0.4 is 0 Å². The number of allylic oxidation sites excluding steroid dienone is 2. The molecule has 1 aromatic rings. The Labute approximate surface area is 138 Å². The Morgan fingerprint density at radius 1 is 0.682 bits per heavy atom. The summed E-state index contributed by atoms with van der Waals surface area (Å²) in [5.74, 6) is 0. The lowest BCUT2D eigenvalue weighted by Gasteiger charge is -2.06. The second kappa shape index (κ2) is 11.3. The first-order valence-electron chi connectivity index (χ1n) is 9.22. The van der Waals surface area contributed by atoms with E-state index in [0.717, 1.165) is 0 Å². The van der Waals surface area contributed by atoms with Gasteiger partial charge in [0, 0.05) is 0 Å². The van der Waals surface area contributed by atoms with Crippen molar-refractivity contribution >= 4 is 12.2 Å². The van der Waals surface area contributed by atoms with Crippen LogP contribution in [0.3, 0.4) is 0 Å². The van der Waals surface area contributed by atoms with Crippen LogP contribution in [0.2, 0.25) is 0 Å². The number of hydrogen-bond acceptors (Lipinski definition) is 0. The van der Waals surface area contributed by atoms with Gasteiger partial charge in [-0.15, -0.1) is 0 Å². The van der Waals surface area contributed by atoms with Crippen LogP contribution in [0.5, 0.6) is 0 Å². The molecule has 0 heteroatoms. The molecule has 22 heavy (non-hydrogen) atoms. The van der Waals surface area contributed by atoms with Crippen molar-refractivity contribution in [2.45, 2.75) is 79.1 Å². The molecule has 1 rings (SSSR count). The molecule has 0 aliphatic rings. The first-order valence-corrected chi connectivity index (χ1v) is 9.22. The van der Waals surface area contributed by atoms with Crippen molar-refractivity contribution in [1.82, 2.24) is 0 Å². The van der Waals surface area contributed by atoms with E-state index in [-0.39, 0.29) is 0 Å². The minimum atomic E-state index is 1.17. The monoisotopic (exact) mass is 298 g/mol. The van der Waals surface area contributed by atoms with Gasteiger partial charge in [0.25, 0.3) is 0 Å². The minimum absolute atomic E-state index is 1.17. The summed E-state index contributed by atoms with van der Waals surface area (Å²) in [4.78, 5) is 0. The van der Waals surface area contributed by atoms with Gasteiger partial charge in [0.1, 0.15) is 0 Å². The standard InChI is InChI=1S/C22H34/c1-5-9-11-19(7-3)17-21-13-15-22(16-14-21)18-20(8-4)12-10-6-2/h13-18H,5-12H2,1-4H3. The van der Waals surface area contributed by atoms with Gasteiger partial charge in [0.2, 0.25) is 0 Å². The fraction of sp³-hybridized carbons (Fsp3) is 0.545. The van der Waals surface area contributed by atoms with Crippen molar-refractivity contribution in [3.05, 3.63) is 46.5 Å². The summed E-state index contributed by atoms with van der Waals surface area (Å²) >= 11 is 0. The zero-order chi connectivity index (χ0) is 16.2. The van der Waals surface area contributed by atoms with Crippen molar-refractivity contribution < 1.29 is 0 Å². The van der Waals surface area contributed by atoms with Gasteiger partial charge in [-0.3, -0.25) is 0 Å². The van der Waals surface area contributed by atoms with Crippen LogP contribution in [0.4, 0.5) is 0 Å². The zero-order valence-corrected chi connectivity index (χ0v) is 15.1. The molecule has 0 fully saturated rings. The number of benzene rings is 1. The fourth-order valence-electron chi connectivity index (χ4n) is 2.67. The van der Waals surface area contributed by atoms with Crippen LogP contribution in [0.25, 0.3) is 12.2 Å². The Bertz CT molecular complexity index is 414. The van der Waals surface area contributed by atoms with Crippen molar-refractivity contribution in [3.63, 3.8) is 0 Å². The summed E-state index contributed by atoms with van der Waals surface area (Å²) in [5.41, 5.74) is 5.83. The maximum Gasteiger partial charge on any atom is -0.0257 e. The molecule has 0 aromatic heterocycles. The number of rotatable bonds is 10. The lowest BCUT2D eigenvalue weighted by molar-refractivity contribution is 0.770. The molecule has 0 unspecified atom stereocenters. The summed E-state index contributed by atoms with van der Waals surface area (Å²) < 4.78 is 0. The molecule has 122 valence electrons. The van der Waals surface area contributed by atoms with Crippen molar-refractivity contribution in [3.8, 4) is 0 Å². The van der Waals surface area contributed by atoms with Crippen molar-refractivity contribution in [2.75, 3.05) is 0 Å². The number of hydrogen-bond donors (Lipinski definition) is 0. The molecule has 0 heterocycles. The molecule has 0 atom stereocenters. The Balaban J connectivity index is 2.76. The van der Waals surface area contributed by atoms with Gasteiger partial charge in [0.05, 0.1) is 0 Å². The summed E-state index contributed by atoms with van der Waals surface area (Å²) in [6.07, 6.45) is 14.7. The Morgan fingerprint density at radius 3 is 1.32 bits per heavy atom. The molecule has 1 aromatic carbocycles. The van der Waals surface area contributed by atoms with Gasteiger partial charge in [-0.1, -0.05) is 88.1 Å². The van der Waals surface area contributed by atoms with E-state index >= 15 is 0 Å². The Hall–Kier alpha value is -1.30. The molecule has 0 spiro atoms. The van der Waals surface area contributed by atoms with E-state index in [4.69, 9.17) is 0 Å². The lowest BCUT2D eigenvalue weighted by atomic mass is 10.0. The van der Waals surface area contributed by atoms with Crippen LogP contribution in [0, 0.1) is 0 Å². The minimum Gasteiger partial charge on any atom is -0.0699 e. The van der Waals surface area contributed by atoms with Gasteiger partial charge in [0.15, 0.2) is 0 Å². The second-order valence-corrected chi connectivity index (χ2v) is 6.19. The number of unbranched alkanes of at least 4 members (excludes halogenated alkanes) is 2. The third-order valence-corrected chi connectivity index (χ3v) is 4.29. The first-order chi connectivity index (χ1) is 10.7. The van der Waals surface area contributed by atoms with Crippen LogP contribution >= 0.6 is 0 Å². The molecule has 0 amide bonds. The van der Waals surface area contributed by atoms with E-state index in [1.807, 2.05) is 0 Å². The molecule has 0 saturated carbocycles. The lowest BCUT2D eigenvalue weighted by Crippen LogP contribution is -1.85. The van der Waals surface area contributed by atoms with E-state index in [1.165, 1.54) is 62.5 Å².